The fourth-order valence-electron chi connectivity index (χ4n) is 1.70. The lowest BCUT2D eigenvalue weighted by Crippen LogP contribution is -2.10. The zero-order valence-corrected chi connectivity index (χ0v) is 13.0. The highest BCUT2D eigenvalue weighted by Crippen LogP contribution is 2.27. The Labute approximate surface area is 130 Å². The molecule has 2 rings (SSSR count). The molecule has 0 heterocycles. The minimum Gasteiger partial charge on any atom is -0.494 e. The minimum absolute atomic E-state index is 0.189. The van der Waals surface area contributed by atoms with Gasteiger partial charge in [-0.3, -0.25) is 0 Å². The summed E-state index contributed by atoms with van der Waals surface area (Å²) < 4.78 is 19.1. The van der Waals surface area contributed by atoms with Crippen LogP contribution in [0, 0.1) is 5.82 Å². The molecule has 3 nitrogen and oxygen atoms in total. The highest BCUT2D eigenvalue weighted by atomic mass is 79.9. The first-order valence-corrected chi connectivity index (χ1v) is 6.91. The Bertz CT molecular complexity index is 664. The second-order valence-electron chi connectivity index (χ2n) is 4.03. The van der Waals surface area contributed by atoms with Gasteiger partial charge >= 0.3 is 0 Å². The first kappa shape index (κ1) is 14.7. The van der Waals surface area contributed by atoms with Crippen molar-refractivity contribution < 1.29 is 9.13 Å². The van der Waals surface area contributed by atoms with Gasteiger partial charge in [-0.25, -0.2) is 4.39 Å². The van der Waals surface area contributed by atoms with E-state index in [1.807, 2.05) is 18.2 Å². The molecule has 0 spiro atoms. The predicted octanol–water partition coefficient (Wildman–Crippen LogP) is 3.97. The van der Waals surface area contributed by atoms with Gasteiger partial charge in [0, 0.05) is 27.5 Å². The maximum atomic E-state index is 13.3. The van der Waals surface area contributed by atoms with Gasteiger partial charge in [-0.05, 0) is 46.3 Å². The van der Waals surface area contributed by atoms with Gasteiger partial charge < -0.3 is 15.8 Å². The Balaban J connectivity index is 2.26. The molecule has 2 aromatic carbocycles. The first-order chi connectivity index (χ1) is 9.51. The van der Waals surface area contributed by atoms with E-state index in [4.69, 9.17) is 22.7 Å². The summed E-state index contributed by atoms with van der Waals surface area (Å²) in [5.41, 5.74) is 7.91. The van der Waals surface area contributed by atoms with Crippen molar-refractivity contribution in [3.63, 3.8) is 0 Å². The average Bonchev–Trinajstić information content (AvgIpc) is 2.40. The number of hydrogen-bond acceptors (Lipinski definition) is 3. The molecular formula is C14H12BrFN2OS. The van der Waals surface area contributed by atoms with Crippen molar-refractivity contribution in [2.75, 3.05) is 12.4 Å². The van der Waals surface area contributed by atoms with E-state index in [0.29, 0.717) is 4.99 Å². The van der Waals surface area contributed by atoms with Gasteiger partial charge in [0.1, 0.15) is 4.99 Å². The lowest BCUT2D eigenvalue weighted by molar-refractivity contribution is 0.387. The van der Waals surface area contributed by atoms with Crippen LogP contribution in [0.15, 0.2) is 40.9 Å². The fourth-order valence-corrected chi connectivity index (χ4v) is 2.60. The lowest BCUT2D eigenvalue weighted by atomic mass is 10.2. The maximum Gasteiger partial charge on any atom is 0.165 e. The van der Waals surface area contributed by atoms with E-state index in [0.717, 1.165) is 21.4 Å². The molecule has 6 heteroatoms. The Morgan fingerprint density at radius 2 is 1.90 bits per heavy atom. The molecule has 104 valence electrons. The monoisotopic (exact) mass is 354 g/mol. The molecule has 0 unspecified atom stereocenters. The van der Waals surface area contributed by atoms with Crippen LogP contribution < -0.4 is 15.8 Å². The van der Waals surface area contributed by atoms with Crippen LogP contribution in [0.5, 0.6) is 5.75 Å². The third kappa shape index (κ3) is 3.26. The summed E-state index contributed by atoms with van der Waals surface area (Å²) in [6.07, 6.45) is 0. The summed E-state index contributed by atoms with van der Waals surface area (Å²) in [4.78, 5) is 0.326. The van der Waals surface area contributed by atoms with Crippen LogP contribution in [0.2, 0.25) is 0 Å². The molecular weight excluding hydrogens is 343 g/mol. The Morgan fingerprint density at radius 3 is 2.50 bits per heavy atom. The molecule has 0 aliphatic carbocycles. The van der Waals surface area contributed by atoms with Crippen LogP contribution in [0.3, 0.4) is 0 Å². The molecule has 0 fully saturated rings. The summed E-state index contributed by atoms with van der Waals surface area (Å²) in [5.74, 6) is -0.211. The minimum atomic E-state index is -0.400. The summed E-state index contributed by atoms with van der Waals surface area (Å²) in [5, 5.41) is 3.15. The molecule has 0 radical (unpaired) electrons. The smallest absolute Gasteiger partial charge is 0.165 e. The van der Waals surface area contributed by atoms with Crippen LogP contribution in [0.1, 0.15) is 5.56 Å². The SMILES string of the molecule is COc1cc(Nc2ccc(C(N)=S)c(Br)c2)ccc1F. The number of methoxy groups -OCH3 is 1. The van der Waals surface area contributed by atoms with E-state index >= 15 is 0 Å². The summed E-state index contributed by atoms with van der Waals surface area (Å²) in [6, 6.07) is 10.1. The van der Waals surface area contributed by atoms with E-state index < -0.39 is 5.82 Å². The molecule has 20 heavy (non-hydrogen) atoms. The lowest BCUT2D eigenvalue weighted by Gasteiger charge is -2.10. The van der Waals surface area contributed by atoms with Crippen LogP contribution in [0.4, 0.5) is 15.8 Å². The molecule has 0 aliphatic rings. The number of nitrogens with one attached hydrogen (secondary N) is 1. The fraction of sp³-hybridized carbons (Fsp3) is 0.0714. The van der Waals surface area contributed by atoms with E-state index in [9.17, 15) is 4.39 Å². The van der Waals surface area contributed by atoms with Gasteiger partial charge in [0.15, 0.2) is 11.6 Å². The molecule has 3 N–H and O–H groups in total. The van der Waals surface area contributed by atoms with Crippen molar-refractivity contribution in [1.29, 1.82) is 0 Å². The van der Waals surface area contributed by atoms with Crippen LogP contribution >= 0.6 is 28.1 Å². The van der Waals surface area contributed by atoms with E-state index in [2.05, 4.69) is 21.2 Å². The average molecular weight is 355 g/mol. The van der Waals surface area contributed by atoms with Crippen molar-refractivity contribution in [1.82, 2.24) is 0 Å². The molecule has 0 aromatic heterocycles. The molecule has 2 aromatic rings. The Kier molecular flexibility index (Phi) is 4.57. The second-order valence-corrected chi connectivity index (χ2v) is 5.33. The second kappa shape index (κ2) is 6.19. The molecule has 0 saturated heterocycles. The summed E-state index contributed by atoms with van der Waals surface area (Å²) in [7, 11) is 1.43. The third-order valence-corrected chi connectivity index (χ3v) is 3.55. The quantitative estimate of drug-likeness (QED) is 0.815. The van der Waals surface area contributed by atoms with Crippen molar-refractivity contribution in [2.24, 2.45) is 5.73 Å². The largest absolute Gasteiger partial charge is 0.494 e. The van der Waals surface area contributed by atoms with Crippen molar-refractivity contribution in [2.45, 2.75) is 0 Å². The van der Waals surface area contributed by atoms with Crippen molar-refractivity contribution in [3.05, 3.63) is 52.3 Å². The standard InChI is InChI=1S/C14H12BrFN2OS/c1-19-13-7-9(3-5-12(13)16)18-8-2-4-10(14(17)20)11(15)6-8/h2-7,18H,1H3,(H2,17,20). The van der Waals surface area contributed by atoms with Gasteiger partial charge in [-0.2, -0.15) is 0 Å². The van der Waals surface area contributed by atoms with Gasteiger partial charge in [-0.1, -0.05) is 12.2 Å². The number of ether oxygens (including phenoxy) is 1. The molecule has 0 aliphatic heterocycles. The zero-order chi connectivity index (χ0) is 14.7. The van der Waals surface area contributed by atoms with E-state index in [1.54, 1.807) is 12.1 Å². The van der Waals surface area contributed by atoms with E-state index in [-0.39, 0.29) is 5.75 Å². The van der Waals surface area contributed by atoms with Crippen molar-refractivity contribution >= 4 is 44.5 Å². The van der Waals surface area contributed by atoms with Gasteiger partial charge in [0.25, 0.3) is 0 Å². The molecule has 0 atom stereocenters. The third-order valence-electron chi connectivity index (χ3n) is 2.67. The van der Waals surface area contributed by atoms with Crippen LogP contribution in [-0.2, 0) is 0 Å². The Hall–Kier alpha value is -1.66. The summed E-state index contributed by atoms with van der Waals surface area (Å²) in [6.45, 7) is 0. The zero-order valence-electron chi connectivity index (χ0n) is 10.6. The highest BCUT2D eigenvalue weighted by Gasteiger charge is 2.06. The topological polar surface area (TPSA) is 47.3 Å². The number of benzene rings is 2. The van der Waals surface area contributed by atoms with E-state index in [1.165, 1.54) is 13.2 Å². The summed E-state index contributed by atoms with van der Waals surface area (Å²) >= 11 is 8.35. The number of rotatable bonds is 4. The van der Waals surface area contributed by atoms with Crippen LogP contribution in [-0.4, -0.2) is 12.1 Å². The number of anilines is 2. The maximum absolute atomic E-state index is 13.3. The van der Waals surface area contributed by atoms with Crippen LogP contribution in [0.25, 0.3) is 0 Å². The molecule has 0 amide bonds. The normalized spacial score (nSPS) is 10.2. The first-order valence-electron chi connectivity index (χ1n) is 5.71. The number of thiocarbonyl (C=S) groups is 1. The number of halogens is 2. The van der Waals surface area contributed by atoms with Crippen molar-refractivity contribution in [3.8, 4) is 5.75 Å². The molecule has 0 bridgehead atoms. The predicted molar refractivity (Wildman–Crippen MR) is 86.3 cm³/mol. The van der Waals surface area contributed by atoms with Gasteiger partial charge in [0.2, 0.25) is 0 Å². The van der Waals surface area contributed by atoms with Gasteiger partial charge in [0.05, 0.1) is 7.11 Å². The Morgan fingerprint density at radius 1 is 1.25 bits per heavy atom. The number of nitrogens with two attached hydrogens (primary N) is 1. The highest BCUT2D eigenvalue weighted by molar-refractivity contribution is 9.10. The molecule has 0 saturated carbocycles. The number of hydrogen-bond donors (Lipinski definition) is 2. The van der Waals surface area contributed by atoms with Gasteiger partial charge in [-0.15, -0.1) is 0 Å².